The van der Waals surface area contributed by atoms with Crippen molar-refractivity contribution in [3.05, 3.63) is 77.3 Å². The number of aromatic nitrogens is 1. The Hall–Kier alpha value is -3.82. The van der Waals surface area contributed by atoms with E-state index in [1.165, 1.54) is 37.3 Å². The first-order valence-corrected chi connectivity index (χ1v) is 10.9. The molecule has 0 atom stereocenters. The molecule has 0 N–H and O–H groups in total. The Morgan fingerprint density at radius 3 is 2.44 bits per heavy atom. The van der Waals surface area contributed by atoms with Gasteiger partial charge in [-0.2, -0.15) is 18.4 Å². The number of nitriles is 1. The molecule has 1 saturated heterocycles. The predicted octanol–water partition coefficient (Wildman–Crippen LogP) is 5.34. The fraction of sp³-hybridized carbons (Fsp3) is 0.250. The maximum Gasteiger partial charge on any atom is 0.420 e. The number of alkyl halides is 3. The molecule has 2 heterocycles. The van der Waals surface area contributed by atoms with Gasteiger partial charge >= 0.3 is 6.18 Å². The molecule has 1 fully saturated rings. The smallest absolute Gasteiger partial charge is 0.420 e. The van der Waals surface area contributed by atoms with Crippen molar-refractivity contribution >= 4 is 34.6 Å². The van der Waals surface area contributed by atoms with Crippen molar-refractivity contribution < 1.29 is 31.5 Å². The Morgan fingerprint density at radius 2 is 1.86 bits per heavy atom. The van der Waals surface area contributed by atoms with E-state index in [-0.39, 0.29) is 18.3 Å². The summed E-state index contributed by atoms with van der Waals surface area (Å²) >= 11 is 5.43. The molecule has 0 aliphatic carbocycles. The largest absolute Gasteiger partial charge is 0.446 e. The maximum absolute atomic E-state index is 15.1. The second-order valence-corrected chi connectivity index (χ2v) is 8.70. The zero-order valence-electron chi connectivity index (χ0n) is 19.0. The summed E-state index contributed by atoms with van der Waals surface area (Å²) in [5, 5.41) is 8.82. The highest BCUT2D eigenvalue weighted by atomic mass is 32.1. The molecule has 0 spiro atoms. The van der Waals surface area contributed by atoms with E-state index in [1.807, 2.05) is 0 Å². The Balaban J connectivity index is 1.62. The molecule has 12 heteroatoms. The molecule has 7 nitrogen and oxygen atoms in total. The molecule has 36 heavy (non-hydrogen) atoms. The van der Waals surface area contributed by atoms with E-state index in [2.05, 4.69) is 4.98 Å². The first-order chi connectivity index (χ1) is 17.0. The summed E-state index contributed by atoms with van der Waals surface area (Å²) in [6.45, 7) is 3.48. The summed E-state index contributed by atoms with van der Waals surface area (Å²) in [4.78, 5) is 19.4. The minimum Gasteiger partial charge on any atom is -0.446 e. The third-order valence-corrected chi connectivity index (χ3v) is 5.97. The van der Waals surface area contributed by atoms with Gasteiger partial charge in [0.25, 0.3) is 5.91 Å². The van der Waals surface area contributed by atoms with E-state index in [4.69, 9.17) is 26.6 Å². The predicted molar refractivity (Wildman–Crippen MR) is 124 cm³/mol. The maximum atomic E-state index is 15.1. The van der Waals surface area contributed by atoms with Gasteiger partial charge in [-0.3, -0.25) is 9.69 Å². The minimum atomic E-state index is -5.14. The summed E-state index contributed by atoms with van der Waals surface area (Å²) < 4.78 is 66.2. The lowest BCUT2D eigenvalue weighted by Gasteiger charge is -2.29. The van der Waals surface area contributed by atoms with Crippen molar-refractivity contribution in [2.75, 3.05) is 9.80 Å². The van der Waals surface area contributed by atoms with E-state index < -0.39 is 40.3 Å². The van der Waals surface area contributed by atoms with E-state index >= 15 is 4.39 Å². The summed E-state index contributed by atoms with van der Waals surface area (Å²) in [5.74, 6) is -2.03. The molecule has 1 aliphatic rings. The molecule has 186 valence electrons. The zero-order chi connectivity index (χ0) is 26.3. The number of hydrogen-bond donors (Lipinski definition) is 0. The van der Waals surface area contributed by atoms with Crippen LogP contribution < -0.4 is 9.80 Å². The molecular weight excluding hydrogens is 500 g/mol. The third-order valence-electron chi connectivity index (χ3n) is 5.61. The van der Waals surface area contributed by atoms with Crippen LogP contribution in [0.3, 0.4) is 0 Å². The number of anilines is 2. The second kappa shape index (κ2) is 9.33. The standard InChI is InChI=1S/C24H18F4N4O3S/c1-23(2)21(33)31(17-8-5-15(11-29)19(20(17)25)24(26,27)28)22(36)32(23)16-6-3-14(4-7-16)12-34-13-18-30-9-10-35-18/h3-10H,12-13H2,1-2H3. The average Bonchev–Trinajstić information content (AvgIpc) is 3.39. The van der Waals surface area contributed by atoms with Crippen LogP contribution in [0.2, 0.25) is 0 Å². The van der Waals surface area contributed by atoms with Gasteiger partial charge in [0.1, 0.15) is 24.0 Å². The van der Waals surface area contributed by atoms with Gasteiger partial charge in [0, 0.05) is 5.69 Å². The topological polar surface area (TPSA) is 82.6 Å². The van der Waals surface area contributed by atoms with E-state index in [9.17, 15) is 18.0 Å². The Labute approximate surface area is 208 Å². The lowest BCUT2D eigenvalue weighted by Crippen LogP contribution is -2.44. The zero-order valence-corrected chi connectivity index (χ0v) is 19.8. The average molecular weight is 518 g/mol. The van der Waals surface area contributed by atoms with Crippen molar-refractivity contribution in [1.82, 2.24) is 4.98 Å². The molecule has 1 aliphatic heterocycles. The van der Waals surface area contributed by atoms with Crippen LogP contribution in [-0.4, -0.2) is 21.5 Å². The Morgan fingerprint density at radius 1 is 1.17 bits per heavy atom. The molecule has 0 saturated carbocycles. The fourth-order valence-corrected chi connectivity index (χ4v) is 4.39. The van der Waals surface area contributed by atoms with Gasteiger partial charge in [0.15, 0.2) is 10.9 Å². The summed E-state index contributed by atoms with van der Waals surface area (Å²) in [7, 11) is 0. The minimum absolute atomic E-state index is 0.178. The first-order valence-electron chi connectivity index (χ1n) is 10.5. The van der Waals surface area contributed by atoms with Gasteiger partial charge in [0.2, 0.25) is 5.89 Å². The number of hydrogen-bond acceptors (Lipinski definition) is 6. The Kier molecular flexibility index (Phi) is 6.55. The summed E-state index contributed by atoms with van der Waals surface area (Å²) in [6.07, 6.45) is -2.20. The van der Waals surface area contributed by atoms with Crippen LogP contribution in [0.5, 0.6) is 0 Å². The normalized spacial score (nSPS) is 15.5. The highest BCUT2D eigenvalue weighted by molar-refractivity contribution is 7.81. The van der Waals surface area contributed by atoms with E-state index in [0.29, 0.717) is 11.6 Å². The van der Waals surface area contributed by atoms with Crippen LogP contribution in [0, 0.1) is 17.1 Å². The van der Waals surface area contributed by atoms with Crippen LogP contribution >= 0.6 is 12.2 Å². The molecule has 2 aromatic carbocycles. The first kappa shape index (κ1) is 25.3. The van der Waals surface area contributed by atoms with Gasteiger partial charge in [0.05, 0.1) is 30.1 Å². The van der Waals surface area contributed by atoms with Gasteiger partial charge in [-0.25, -0.2) is 9.37 Å². The summed E-state index contributed by atoms with van der Waals surface area (Å²) in [5.41, 5.74) is -3.38. The molecule has 0 unspecified atom stereocenters. The number of amides is 1. The van der Waals surface area contributed by atoms with Gasteiger partial charge in [-0.05, 0) is 55.9 Å². The van der Waals surface area contributed by atoms with Crippen molar-refractivity contribution in [1.29, 1.82) is 5.26 Å². The number of oxazole rings is 1. The second-order valence-electron chi connectivity index (χ2n) is 8.33. The lowest BCUT2D eigenvalue weighted by atomic mass is 10.0. The number of ether oxygens (including phenoxy) is 1. The van der Waals surface area contributed by atoms with E-state index in [1.54, 1.807) is 24.3 Å². The van der Waals surface area contributed by atoms with Crippen LogP contribution in [0.4, 0.5) is 28.9 Å². The molecule has 3 aromatic rings. The molecule has 1 aromatic heterocycles. The molecule has 0 radical (unpaired) electrons. The van der Waals surface area contributed by atoms with Crippen LogP contribution in [0.1, 0.15) is 36.4 Å². The number of rotatable bonds is 6. The van der Waals surface area contributed by atoms with Crippen molar-refractivity contribution in [3.63, 3.8) is 0 Å². The number of halogens is 4. The third kappa shape index (κ3) is 4.43. The molecule has 1 amide bonds. The molecule has 4 rings (SSSR count). The van der Waals surface area contributed by atoms with Crippen LogP contribution in [0.15, 0.2) is 53.3 Å². The summed E-state index contributed by atoms with van der Waals surface area (Å²) in [6, 6.07) is 9.92. The molecule has 0 bridgehead atoms. The van der Waals surface area contributed by atoms with Crippen LogP contribution in [-0.2, 0) is 28.9 Å². The Bertz CT molecular complexity index is 1350. The highest BCUT2D eigenvalue weighted by Crippen LogP contribution is 2.41. The van der Waals surface area contributed by atoms with Crippen molar-refractivity contribution in [2.24, 2.45) is 0 Å². The SMILES string of the molecule is CC1(C)C(=O)N(c2ccc(C#N)c(C(F)(F)F)c2F)C(=S)N1c1ccc(COCc2ncco2)cc1. The number of carbonyl (C=O) groups is 1. The fourth-order valence-electron chi connectivity index (χ4n) is 3.87. The highest BCUT2D eigenvalue weighted by Gasteiger charge is 2.51. The van der Waals surface area contributed by atoms with Crippen molar-refractivity contribution in [3.8, 4) is 6.07 Å². The quantitative estimate of drug-likeness (QED) is 0.322. The van der Waals surface area contributed by atoms with Gasteiger partial charge in [-0.15, -0.1) is 0 Å². The number of benzene rings is 2. The lowest BCUT2D eigenvalue weighted by molar-refractivity contribution is -0.140. The van der Waals surface area contributed by atoms with Gasteiger partial charge in [-0.1, -0.05) is 12.1 Å². The van der Waals surface area contributed by atoms with Gasteiger partial charge < -0.3 is 14.1 Å². The number of thiocarbonyl (C=S) groups is 1. The van der Waals surface area contributed by atoms with E-state index in [0.717, 1.165) is 22.6 Å². The number of nitrogens with zero attached hydrogens (tertiary/aromatic N) is 4. The van der Waals surface area contributed by atoms with Crippen LogP contribution in [0.25, 0.3) is 0 Å². The monoisotopic (exact) mass is 518 g/mol. The number of carbonyl (C=O) groups excluding carboxylic acids is 1. The molecular formula is C24H18F4N4O3S. The van der Waals surface area contributed by atoms with Crippen molar-refractivity contribution in [2.45, 2.75) is 38.8 Å².